The van der Waals surface area contributed by atoms with E-state index in [1.807, 2.05) is 11.0 Å². The quantitative estimate of drug-likeness (QED) is 0.603. The number of urea groups is 1. The lowest BCUT2D eigenvalue weighted by molar-refractivity contribution is 0.206. The molecule has 0 aromatic heterocycles. The number of rotatable bonds is 5. The average molecular weight is 254 g/mol. The van der Waals surface area contributed by atoms with Crippen molar-refractivity contribution in [3.8, 4) is 0 Å². The van der Waals surface area contributed by atoms with Crippen molar-refractivity contribution in [2.45, 2.75) is 19.3 Å². The fourth-order valence-corrected chi connectivity index (χ4v) is 3.49. The Morgan fingerprint density at radius 2 is 2.12 bits per heavy atom. The highest BCUT2D eigenvalue weighted by molar-refractivity contribution is 7.99. The first-order valence-corrected chi connectivity index (χ1v) is 7.68. The molecule has 1 saturated carbocycles. The fourth-order valence-electron chi connectivity index (χ4n) is 2.91. The Balaban J connectivity index is 1.62. The lowest BCUT2D eigenvalue weighted by atomic mass is 10.0. The molecular weight excluding hydrogens is 232 g/mol. The van der Waals surface area contributed by atoms with Crippen molar-refractivity contribution in [1.29, 1.82) is 0 Å². The Morgan fingerprint density at radius 3 is 2.76 bits per heavy atom. The van der Waals surface area contributed by atoms with Gasteiger partial charge in [0.15, 0.2) is 0 Å². The Morgan fingerprint density at radius 1 is 1.41 bits per heavy atom. The second kappa shape index (κ2) is 6.34. The van der Waals surface area contributed by atoms with Crippen molar-refractivity contribution in [2.24, 2.45) is 11.8 Å². The molecule has 0 aromatic rings. The number of fused-ring (bicyclic) bond motifs is 1. The van der Waals surface area contributed by atoms with Gasteiger partial charge in [-0.15, -0.1) is 6.58 Å². The summed E-state index contributed by atoms with van der Waals surface area (Å²) in [5, 5.41) is 3.00. The number of likely N-dealkylation sites (tertiary alicyclic amines) is 1. The highest BCUT2D eigenvalue weighted by Crippen LogP contribution is 2.37. The number of carbonyl (C=O) groups is 1. The molecule has 1 aliphatic heterocycles. The lowest BCUT2D eigenvalue weighted by Crippen LogP contribution is -2.39. The van der Waals surface area contributed by atoms with Gasteiger partial charge in [-0.05, 0) is 24.7 Å². The summed E-state index contributed by atoms with van der Waals surface area (Å²) in [7, 11) is 0. The Labute approximate surface area is 108 Å². The van der Waals surface area contributed by atoms with Crippen LogP contribution in [0.25, 0.3) is 0 Å². The summed E-state index contributed by atoms with van der Waals surface area (Å²) in [5.74, 6) is 3.51. The maximum atomic E-state index is 11.9. The third-order valence-corrected chi connectivity index (χ3v) is 4.74. The molecule has 0 spiro atoms. The normalized spacial score (nSPS) is 26.9. The summed E-state index contributed by atoms with van der Waals surface area (Å²) in [6.07, 6.45) is 5.91. The Hall–Kier alpha value is -0.640. The van der Waals surface area contributed by atoms with Crippen molar-refractivity contribution < 1.29 is 4.79 Å². The topological polar surface area (TPSA) is 32.3 Å². The van der Waals surface area contributed by atoms with Gasteiger partial charge in [-0.25, -0.2) is 4.79 Å². The van der Waals surface area contributed by atoms with Crippen LogP contribution >= 0.6 is 11.8 Å². The van der Waals surface area contributed by atoms with E-state index < -0.39 is 0 Å². The van der Waals surface area contributed by atoms with E-state index >= 15 is 0 Å². The molecule has 1 N–H and O–H groups in total. The number of amides is 2. The molecule has 4 heteroatoms. The van der Waals surface area contributed by atoms with Gasteiger partial charge in [-0.1, -0.05) is 12.5 Å². The summed E-state index contributed by atoms with van der Waals surface area (Å²) >= 11 is 1.80. The number of nitrogens with zero attached hydrogens (tertiary/aromatic N) is 1. The van der Waals surface area contributed by atoms with Gasteiger partial charge in [0.25, 0.3) is 0 Å². The monoisotopic (exact) mass is 254 g/mol. The minimum Gasteiger partial charge on any atom is -0.337 e. The van der Waals surface area contributed by atoms with Gasteiger partial charge in [0.1, 0.15) is 0 Å². The first-order chi connectivity index (χ1) is 8.31. The third-order valence-electron chi connectivity index (χ3n) is 3.77. The van der Waals surface area contributed by atoms with Crippen molar-refractivity contribution in [2.75, 3.05) is 31.1 Å². The van der Waals surface area contributed by atoms with Crippen molar-refractivity contribution in [3.05, 3.63) is 12.7 Å². The molecule has 17 heavy (non-hydrogen) atoms. The second-order valence-electron chi connectivity index (χ2n) is 4.95. The third kappa shape index (κ3) is 3.41. The molecule has 1 heterocycles. The number of carbonyl (C=O) groups excluding carboxylic acids is 1. The predicted octanol–water partition coefficient (Wildman–Crippen LogP) is 2.35. The van der Waals surface area contributed by atoms with Crippen LogP contribution in [0.2, 0.25) is 0 Å². The van der Waals surface area contributed by atoms with E-state index in [-0.39, 0.29) is 6.03 Å². The highest BCUT2D eigenvalue weighted by Gasteiger charge is 2.37. The van der Waals surface area contributed by atoms with Crippen LogP contribution in [0, 0.1) is 11.8 Å². The molecule has 0 aromatic carbocycles. The summed E-state index contributed by atoms with van der Waals surface area (Å²) in [6.45, 7) is 6.40. The first-order valence-electron chi connectivity index (χ1n) is 6.52. The second-order valence-corrected chi connectivity index (χ2v) is 6.10. The largest absolute Gasteiger partial charge is 0.337 e. The Kier molecular flexibility index (Phi) is 4.77. The SMILES string of the molecule is C=CCSCCNC(=O)N1C[C@@H]2CCC[C@H]2C1. The van der Waals surface area contributed by atoms with E-state index in [1.165, 1.54) is 19.3 Å². The van der Waals surface area contributed by atoms with Crippen LogP contribution in [0.5, 0.6) is 0 Å². The van der Waals surface area contributed by atoms with Crippen LogP contribution in [0.4, 0.5) is 4.79 Å². The zero-order valence-electron chi connectivity index (χ0n) is 10.4. The van der Waals surface area contributed by atoms with Gasteiger partial charge in [-0.3, -0.25) is 0 Å². The number of hydrogen-bond donors (Lipinski definition) is 1. The molecule has 2 fully saturated rings. The van der Waals surface area contributed by atoms with Gasteiger partial charge in [-0.2, -0.15) is 11.8 Å². The maximum absolute atomic E-state index is 11.9. The van der Waals surface area contributed by atoms with Gasteiger partial charge in [0, 0.05) is 31.1 Å². The minimum absolute atomic E-state index is 0.138. The molecule has 2 amide bonds. The smallest absolute Gasteiger partial charge is 0.317 e. The van der Waals surface area contributed by atoms with E-state index in [4.69, 9.17) is 0 Å². The molecule has 2 rings (SSSR count). The molecule has 3 nitrogen and oxygen atoms in total. The summed E-state index contributed by atoms with van der Waals surface area (Å²) in [5.41, 5.74) is 0. The van der Waals surface area contributed by atoms with E-state index in [0.29, 0.717) is 0 Å². The van der Waals surface area contributed by atoms with E-state index in [2.05, 4.69) is 11.9 Å². The predicted molar refractivity (Wildman–Crippen MR) is 73.3 cm³/mol. The fraction of sp³-hybridized carbons (Fsp3) is 0.769. The van der Waals surface area contributed by atoms with Gasteiger partial charge in [0.2, 0.25) is 0 Å². The summed E-state index contributed by atoms with van der Waals surface area (Å²) < 4.78 is 0. The molecule has 2 atom stereocenters. The molecule has 0 unspecified atom stereocenters. The number of thioether (sulfide) groups is 1. The molecular formula is C13H22N2OS. The maximum Gasteiger partial charge on any atom is 0.317 e. The number of nitrogens with one attached hydrogen (secondary N) is 1. The van der Waals surface area contributed by atoms with Crippen molar-refractivity contribution >= 4 is 17.8 Å². The first kappa shape index (κ1) is 12.8. The van der Waals surface area contributed by atoms with E-state index in [9.17, 15) is 4.79 Å². The van der Waals surface area contributed by atoms with Crippen LogP contribution in [-0.2, 0) is 0 Å². The molecule has 0 bridgehead atoms. The van der Waals surface area contributed by atoms with Gasteiger partial charge < -0.3 is 10.2 Å². The lowest BCUT2D eigenvalue weighted by Gasteiger charge is -2.17. The standard InChI is InChI=1S/C13H22N2OS/c1-2-7-17-8-6-14-13(16)15-9-11-4-3-5-12(11)10-15/h2,11-12H,1,3-10H2,(H,14,16)/t11-,12-/m0/s1. The zero-order valence-corrected chi connectivity index (χ0v) is 11.2. The molecule has 96 valence electrons. The van der Waals surface area contributed by atoms with Crippen LogP contribution in [0.3, 0.4) is 0 Å². The number of hydrogen-bond acceptors (Lipinski definition) is 2. The van der Waals surface area contributed by atoms with Crippen LogP contribution in [-0.4, -0.2) is 42.1 Å². The summed E-state index contributed by atoms with van der Waals surface area (Å²) in [4.78, 5) is 13.9. The van der Waals surface area contributed by atoms with Crippen LogP contribution in [0.15, 0.2) is 12.7 Å². The highest BCUT2D eigenvalue weighted by atomic mass is 32.2. The molecule has 1 aliphatic carbocycles. The summed E-state index contributed by atoms with van der Waals surface area (Å²) in [6, 6.07) is 0.138. The van der Waals surface area contributed by atoms with E-state index in [0.717, 1.165) is 43.0 Å². The average Bonchev–Trinajstić information content (AvgIpc) is 2.88. The molecule has 0 radical (unpaired) electrons. The Bertz CT molecular complexity index is 271. The van der Waals surface area contributed by atoms with E-state index in [1.54, 1.807) is 11.8 Å². The molecule has 1 saturated heterocycles. The van der Waals surface area contributed by atoms with Crippen LogP contribution < -0.4 is 5.32 Å². The van der Waals surface area contributed by atoms with Crippen molar-refractivity contribution in [1.82, 2.24) is 10.2 Å². The van der Waals surface area contributed by atoms with Crippen LogP contribution in [0.1, 0.15) is 19.3 Å². The van der Waals surface area contributed by atoms with Gasteiger partial charge >= 0.3 is 6.03 Å². The van der Waals surface area contributed by atoms with Crippen molar-refractivity contribution in [3.63, 3.8) is 0 Å². The zero-order chi connectivity index (χ0) is 12.1. The van der Waals surface area contributed by atoms with Gasteiger partial charge in [0.05, 0.1) is 0 Å². The minimum atomic E-state index is 0.138. The molecule has 2 aliphatic rings.